The fourth-order valence-corrected chi connectivity index (χ4v) is 4.45. The number of hydrogen-bond donors (Lipinski definition) is 0. The number of carbonyl (C=O) groups is 2. The van der Waals surface area contributed by atoms with Gasteiger partial charge in [-0.05, 0) is 37.3 Å². The number of amides is 2. The first-order chi connectivity index (χ1) is 14.1. The molecule has 2 atom stereocenters. The highest BCUT2D eigenvalue weighted by atomic mass is 16.5. The number of fused-ring (bicyclic) bond motifs is 1. The number of methoxy groups -OCH3 is 1. The fraction of sp³-hybridized carbons (Fsp3) is 0.478. The lowest BCUT2D eigenvalue weighted by molar-refractivity contribution is -0.143. The van der Waals surface area contributed by atoms with Crippen LogP contribution in [0.5, 0.6) is 5.75 Å². The lowest BCUT2D eigenvalue weighted by Crippen LogP contribution is -2.51. The van der Waals surface area contributed by atoms with Crippen LogP contribution in [0.1, 0.15) is 30.1 Å². The molecule has 154 valence electrons. The molecular formula is C23H28N2O4. The Morgan fingerprint density at radius 1 is 1.03 bits per heavy atom. The molecule has 6 nitrogen and oxygen atoms in total. The number of ether oxygens (including phenoxy) is 2. The summed E-state index contributed by atoms with van der Waals surface area (Å²) in [6.07, 6.45) is 1.74. The molecule has 0 spiro atoms. The van der Waals surface area contributed by atoms with Crippen LogP contribution < -0.4 is 4.74 Å². The van der Waals surface area contributed by atoms with Crippen molar-refractivity contribution < 1.29 is 19.1 Å². The lowest BCUT2D eigenvalue weighted by Gasteiger charge is -2.37. The second-order valence-corrected chi connectivity index (χ2v) is 7.92. The van der Waals surface area contributed by atoms with Crippen molar-refractivity contribution in [3.63, 3.8) is 0 Å². The van der Waals surface area contributed by atoms with E-state index in [2.05, 4.69) is 0 Å². The zero-order valence-corrected chi connectivity index (χ0v) is 17.1. The molecule has 2 heterocycles. The summed E-state index contributed by atoms with van der Waals surface area (Å²) >= 11 is 0. The molecule has 2 aromatic rings. The van der Waals surface area contributed by atoms with Crippen molar-refractivity contribution in [2.45, 2.75) is 25.9 Å². The minimum Gasteiger partial charge on any atom is -0.496 e. The molecule has 0 aliphatic carbocycles. The smallest absolute Gasteiger partial charge is 0.254 e. The molecule has 2 aromatic carbocycles. The van der Waals surface area contributed by atoms with Crippen molar-refractivity contribution in [1.82, 2.24) is 9.80 Å². The number of morpholine rings is 1. The van der Waals surface area contributed by atoms with Gasteiger partial charge in [-0.1, -0.05) is 24.3 Å². The maximum Gasteiger partial charge on any atom is 0.254 e. The van der Waals surface area contributed by atoms with Crippen molar-refractivity contribution in [2.75, 3.05) is 39.9 Å². The summed E-state index contributed by atoms with van der Waals surface area (Å²) in [5.74, 6) is 0.752. The van der Waals surface area contributed by atoms with Crippen LogP contribution in [0.2, 0.25) is 0 Å². The summed E-state index contributed by atoms with van der Waals surface area (Å²) in [4.78, 5) is 30.1. The maximum atomic E-state index is 13.4. The Balaban J connectivity index is 1.54. The average molecular weight is 396 g/mol. The van der Waals surface area contributed by atoms with E-state index in [0.717, 1.165) is 29.4 Å². The van der Waals surface area contributed by atoms with Crippen molar-refractivity contribution in [3.05, 3.63) is 42.0 Å². The normalized spacial score (nSPS) is 22.6. The Morgan fingerprint density at radius 3 is 2.59 bits per heavy atom. The molecule has 2 fully saturated rings. The van der Waals surface area contributed by atoms with E-state index in [-0.39, 0.29) is 23.8 Å². The van der Waals surface area contributed by atoms with Gasteiger partial charge in [0.2, 0.25) is 5.91 Å². The van der Waals surface area contributed by atoms with E-state index in [1.165, 1.54) is 0 Å². The Morgan fingerprint density at radius 2 is 1.83 bits per heavy atom. The molecule has 0 N–H and O–H groups in total. The third kappa shape index (κ3) is 3.94. The Hall–Kier alpha value is -2.60. The number of hydrogen-bond acceptors (Lipinski definition) is 4. The minimum absolute atomic E-state index is 0.0169. The monoisotopic (exact) mass is 396 g/mol. The highest BCUT2D eigenvalue weighted by molar-refractivity contribution is 6.08. The van der Waals surface area contributed by atoms with Crippen LogP contribution in [-0.4, -0.2) is 67.6 Å². The molecule has 0 radical (unpaired) electrons. The number of nitrogens with zero attached hydrogens (tertiary/aromatic N) is 2. The third-order valence-electron chi connectivity index (χ3n) is 5.94. The van der Waals surface area contributed by atoms with Gasteiger partial charge < -0.3 is 19.3 Å². The van der Waals surface area contributed by atoms with Crippen LogP contribution in [-0.2, 0) is 9.53 Å². The van der Waals surface area contributed by atoms with Crippen LogP contribution >= 0.6 is 0 Å². The van der Waals surface area contributed by atoms with Gasteiger partial charge in [-0.15, -0.1) is 0 Å². The molecule has 2 amide bonds. The fourth-order valence-electron chi connectivity index (χ4n) is 4.45. The van der Waals surface area contributed by atoms with Gasteiger partial charge in [0.25, 0.3) is 5.91 Å². The summed E-state index contributed by atoms with van der Waals surface area (Å²) in [7, 11) is 1.64. The molecule has 4 rings (SSSR count). The van der Waals surface area contributed by atoms with Crippen LogP contribution in [0.4, 0.5) is 0 Å². The average Bonchev–Trinajstić information content (AvgIpc) is 2.77. The van der Waals surface area contributed by atoms with E-state index in [1.54, 1.807) is 7.11 Å². The number of rotatable bonds is 3. The molecule has 0 aromatic heterocycles. The Labute approximate surface area is 171 Å². The van der Waals surface area contributed by atoms with Crippen molar-refractivity contribution in [2.24, 2.45) is 5.92 Å². The minimum atomic E-state index is -0.137. The van der Waals surface area contributed by atoms with Crippen molar-refractivity contribution in [1.29, 1.82) is 0 Å². The largest absolute Gasteiger partial charge is 0.496 e. The Kier molecular flexibility index (Phi) is 5.72. The van der Waals surface area contributed by atoms with Gasteiger partial charge in [0.15, 0.2) is 0 Å². The topological polar surface area (TPSA) is 59.1 Å². The third-order valence-corrected chi connectivity index (χ3v) is 5.94. The molecular weight excluding hydrogens is 368 g/mol. The number of likely N-dealkylation sites (tertiary alicyclic amines) is 1. The van der Waals surface area contributed by atoms with Crippen LogP contribution in [0, 0.1) is 5.92 Å². The predicted octanol–water partition coefficient (Wildman–Crippen LogP) is 2.95. The van der Waals surface area contributed by atoms with Gasteiger partial charge in [-0.3, -0.25) is 9.59 Å². The van der Waals surface area contributed by atoms with Gasteiger partial charge in [0.1, 0.15) is 5.75 Å². The molecule has 0 saturated carbocycles. The summed E-state index contributed by atoms with van der Waals surface area (Å²) in [6.45, 7) is 5.00. The van der Waals surface area contributed by atoms with Gasteiger partial charge in [-0.2, -0.15) is 0 Å². The molecule has 6 heteroatoms. The van der Waals surface area contributed by atoms with E-state index in [0.29, 0.717) is 38.3 Å². The Bertz CT molecular complexity index is 913. The molecule has 0 bridgehead atoms. The second-order valence-electron chi connectivity index (χ2n) is 7.92. The van der Waals surface area contributed by atoms with Gasteiger partial charge in [-0.25, -0.2) is 0 Å². The van der Waals surface area contributed by atoms with Crippen LogP contribution in [0.25, 0.3) is 10.8 Å². The zero-order valence-electron chi connectivity index (χ0n) is 17.1. The number of piperidine rings is 1. The highest BCUT2D eigenvalue weighted by Crippen LogP contribution is 2.30. The van der Waals surface area contributed by atoms with E-state index in [1.807, 2.05) is 53.1 Å². The summed E-state index contributed by atoms with van der Waals surface area (Å²) in [5, 5.41) is 1.81. The quantitative estimate of drug-likeness (QED) is 0.800. The SMILES string of the molecule is COc1ccc(C(=O)N2CCC[C@H](C(=O)N3CCO[C@H](C)C3)C2)c2ccccc12. The first-order valence-electron chi connectivity index (χ1n) is 10.3. The summed E-state index contributed by atoms with van der Waals surface area (Å²) in [6, 6.07) is 11.5. The highest BCUT2D eigenvalue weighted by Gasteiger charge is 2.33. The number of benzene rings is 2. The molecule has 29 heavy (non-hydrogen) atoms. The van der Waals surface area contributed by atoms with E-state index >= 15 is 0 Å². The van der Waals surface area contributed by atoms with Crippen LogP contribution in [0.3, 0.4) is 0 Å². The second kappa shape index (κ2) is 8.41. The van der Waals surface area contributed by atoms with Crippen molar-refractivity contribution in [3.8, 4) is 5.75 Å². The molecule has 2 aliphatic rings. The van der Waals surface area contributed by atoms with Crippen LogP contribution in [0.15, 0.2) is 36.4 Å². The number of carbonyl (C=O) groups excluding carboxylic acids is 2. The first kappa shape index (κ1) is 19.7. The van der Waals surface area contributed by atoms with E-state index < -0.39 is 0 Å². The lowest BCUT2D eigenvalue weighted by atomic mass is 9.94. The van der Waals surface area contributed by atoms with E-state index in [4.69, 9.17) is 9.47 Å². The molecule has 2 aliphatic heterocycles. The van der Waals surface area contributed by atoms with Crippen molar-refractivity contribution >= 4 is 22.6 Å². The zero-order chi connectivity index (χ0) is 20.4. The van der Waals surface area contributed by atoms with E-state index in [9.17, 15) is 9.59 Å². The van der Waals surface area contributed by atoms with Gasteiger partial charge in [0.05, 0.1) is 25.7 Å². The maximum absolute atomic E-state index is 13.4. The molecule has 0 unspecified atom stereocenters. The van der Waals surface area contributed by atoms with Gasteiger partial charge >= 0.3 is 0 Å². The molecule has 2 saturated heterocycles. The summed E-state index contributed by atoms with van der Waals surface area (Å²) < 4.78 is 11.0. The standard InChI is InChI=1S/C23H28N2O4/c1-16-14-25(12-13-29-16)22(26)17-6-5-11-24(15-17)23(27)20-9-10-21(28-2)19-8-4-3-7-18(19)20/h3-4,7-10,16-17H,5-6,11-15H2,1-2H3/t16-,17+/m1/s1. The van der Waals surface area contributed by atoms with Gasteiger partial charge in [0, 0.05) is 37.1 Å². The predicted molar refractivity (Wildman–Crippen MR) is 111 cm³/mol. The first-order valence-corrected chi connectivity index (χ1v) is 10.3. The summed E-state index contributed by atoms with van der Waals surface area (Å²) in [5.41, 5.74) is 0.662.